The highest BCUT2D eigenvalue weighted by Crippen LogP contribution is 2.27. The van der Waals surface area contributed by atoms with E-state index in [0.717, 1.165) is 5.82 Å². The predicted octanol–water partition coefficient (Wildman–Crippen LogP) is 2.78. The third-order valence-corrected chi connectivity index (χ3v) is 6.07. The molecule has 3 N–H and O–H groups in total. The van der Waals surface area contributed by atoms with Crippen LogP contribution >= 0.6 is 11.6 Å². The summed E-state index contributed by atoms with van der Waals surface area (Å²) in [5.41, 5.74) is 7.34. The lowest BCUT2D eigenvalue weighted by Crippen LogP contribution is -2.49. The number of piperazine rings is 1. The molecule has 1 aliphatic rings. The lowest BCUT2D eigenvalue weighted by molar-refractivity contribution is 0.0746. The van der Waals surface area contributed by atoms with E-state index in [4.69, 9.17) is 17.3 Å². The van der Waals surface area contributed by atoms with E-state index in [2.05, 4.69) is 24.8 Å². The Morgan fingerprint density at radius 2 is 1.82 bits per heavy atom. The number of anilines is 2. The van der Waals surface area contributed by atoms with Gasteiger partial charge in [-0.25, -0.2) is 15.0 Å². The van der Waals surface area contributed by atoms with Gasteiger partial charge in [-0.3, -0.25) is 9.59 Å². The summed E-state index contributed by atoms with van der Waals surface area (Å²) in [6.07, 6.45) is 4.61. The lowest BCUT2D eigenvalue weighted by Gasteiger charge is -2.35. The van der Waals surface area contributed by atoms with Gasteiger partial charge in [0.05, 0.1) is 16.0 Å². The van der Waals surface area contributed by atoms with Gasteiger partial charge in [-0.15, -0.1) is 0 Å². The second-order valence-electron chi connectivity index (χ2n) is 7.68. The third-order valence-electron chi connectivity index (χ3n) is 5.74. The van der Waals surface area contributed by atoms with Gasteiger partial charge in [0.1, 0.15) is 23.6 Å². The molecule has 0 atom stereocenters. The molecule has 1 aliphatic heterocycles. The van der Waals surface area contributed by atoms with Crippen molar-refractivity contribution in [2.24, 2.45) is 0 Å². The SMILES string of the molecule is Nc1ncnc2[nH]cc(C(=O)c3cc(C(=O)N4CCN(c5ccccn5)CC4)ccc3Cl)c12. The highest BCUT2D eigenvalue weighted by atomic mass is 35.5. The molecule has 0 unspecified atom stereocenters. The molecule has 0 spiro atoms. The molecule has 3 aromatic heterocycles. The van der Waals surface area contributed by atoms with Crippen molar-refractivity contribution in [3.63, 3.8) is 0 Å². The number of ketones is 1. The number of nitrogens with two attached hydrogens (primary N) is 1. The van der Waals surface area contributed by atoms with Gasteiger partial charge >= 0.3 is 0 Å². The molecule has 0 radical (unpaired) electrons. The van der Waals surface area contributed by atoms with Crippen LogP contribution in [0.3, 0.4) is 0 Å². The Hall–Kier alpha value is -3.98. The summed E-state index contributed by atoms with van der Waals surface area (Å²) in [5.74, 6) is 0.579. The van der Waals surface area contributed by atoms with Crippen LogP contribution < -0.4 is 10.6 Å². The maximum atomic E-state index is 13.3. The minimum Gasteiger partial charge on any atom is -0.383 e. The Bertz CT molecular complexity index is 1350. The first-order valence-corrected chi connectivity index (χ1v) is 10.8. The quantitative estimate of drug-likeness (QED) is 0.448. The van der Waals surface area contributed by atoms with Gasteiger partial charge in [0.15, 0.2) is 5.78 Å². The van der Waals surface area contributed by atoms with Crippen LogP contribution in [0.2, 0.25) is 5.02 Å². The summed E-state index contributed by atoms with van der Waals surface area (Å²) in [4.78, 5) is 45.7. The van der Waals surface area contributed by atoms with Crippen molar-refractivity contribution >= 4 is 46.0 Å². The van der Waals surface area contributed by atoms with Crippen molar-refractivity contribution in [2.45, 2.75) is 0 Å². The van der Waals surface area contributed by atoms with Crippen LogP contribution in [-0.2, 0) is 0 Å². The molecular weight excluding hydrogens is 442 g/mol. The van der Waals surface area contributed by atoms with Crippen LogP contribution in [0.5, 0.6) is 0 Å². The van der Waals surface area contributed by atoms with E-state index in [1.807, 2.05) is 18.2 Å². The van der Waals surface area contributed by atoms with E-state index in [1.54, 1.807) is 23.2 Å². The fourth-order valence-electron chi connectivity index (χ4n) is 4.01. The summed E-state index contributed by atoms with van der Waals surface area (Å²) < 4.78 is 0. The number of halogens is 1. The molecule has 0 saturated carbocycles. The Balaban J connectivity index is 1.37. The molecule has 0 aliphatic carbocycles. The number of amides is 1. The standard InChI is InChI=1S/C23H20ClN7O2/c24-17-5-4-14(23(33)31-9-7-30(8-10-31)18-3-1-2-6-26-18)11-15(17)20(32)16-12-27-22-19(16)21(25)28-13-29-22/h1-6,11-13H,7-10H2,(H3,25,27,28,29). The molecular formula is C23H20ClN7O2. The van der Waals surface area contributed by atoms with E-state index in [9.17, 15) is 9.59 Å². The van der Waals surface area contributed by atoms with E-state index >= 15 is 0 Å². The molecule has 9 nitrogen and oxygen atoms in total. The Labute approximate surface area is 194 Å². The Morgan fingerprint density at radius 1 is 1.00 bits per heavy atom. The number of aromatic amines is 1. The van der Waals surface area contributed by atoms with Crippen LogP contribution in [0, 0.1) is 0 Å². The maximum Gasteiger partial charge on any atom is 0.253 e. The van der Waals surface area contributed by atoms with Crippen LogP contribution in [0.15, 0.2) is 55.1 Å². The number of hydrogen-bond acceptors (Lipinski definition) is 7. The summed E-state index contributed by atoms with van der Waals surface area (Å²) in [7, 11) is 0. The molecule has 10 heteroatoms. The smallest absolute Gasteiger partial charge is 0.253 e. The van der Waals surface area contributed by atoms with Gasteiger partial charge in [-0.1, -0.05) is 17.7 Å². The molecule has 1 amide bonds. The number of pyridine rings is 1. The van der Waals surface area contributed by atoms with E-state index in [1.165, 1.54) is 18.6 Å². The number of nitrogens with zero attached hydrogens (tertiary/aromatic N) is 5. The average Bonchev–Trinajstić information content (AvgIpc) is 3.30. The molecule has 5 rings (SSSR count). The van der Waals surface area contributed by atoms with Crippen molar-refractivity contribution in [3.05, 3.63) is 76.8 Å². The highest BCUT2D eigenvalue weighted by molar-refractivity contribution is 6.36. The highest BCUT2D eigenvalue weighted by Gasteiger charge is 2.25. The summed E-state index contributed by atoms with van der Waals surface area (Å²) in [6.45, 7) is 2.46. The minimum atomic E-state index is -0.359. The van der Waals surface area contributed by atoms with Gasteiger partial charge in [-0.05, 0) is 30.3 Å². The second kappa shape index (κ2) is 8.51. The number of nitrogen functional groups attached to an aromatic ring is 1. The molecule has 166 valence electrons. The lowest BCUT2D eigenvalue weighted by atomic mass is 10.0. The van der Waals surface area contributed by atoms with Gasteiger partial charge < -0.3 is 20.5 Å². The summed E-state index contributed by atoms with van der Waals surface area (Å²) >= 11 is 6.34. The van der Waals surface area contributed by atoms with Crippen LogP contribution in [-0.4, -0.2) is 62.7 Å². The first-order valence-electron chi connectivity index (χ1n) is 10.4. The van der Waals surface area contributed by atoms with Crippen LogP contribution in [0.4, 0.5) is 11.6 Å². The number of aromatic nitrogens is 4. The number of benzene rings is 1. The number of carbonyl (C=O) groups excluding carboxylic acids is 2. The maximum absolute atomic E-state index is 13.3. The molecule has 0 bridgehead atoms. The van der Waals surface area contributed by atoms with Crippen LogP contribution in [0.1, 0.15) is 26.3 Å². The van der Waals surface area contributed by atoms with Gasteiger partial charge in [0.2, 0.25) is 0 Å². The fraction of sp³-hybridized carbons (Fsp3) is 0.174. The zero-order valence-corrected chi connectivity index (χ0v) is 18.3. The molecule has 4 aromatic rings. The van der Waals surface area contributed by atoms with Crippen LogP contribution in [0.25, 0.3) is 11.0 Å². The van der Waals surface area contributed by atoms with E-state index in [-0.39, 0.29) is 28.1 Å². The van der Waals surface area contributed by atoms with Crippen molar-refractivity contribution in [1.29, 1.82) is 0 Å². The number of hydrogen-bond donors (Lipinski definition) is 2. The number of carbonyl (C=O) groups is 2. The number of fused-ring (bicyclic) bond motifs is 1. The average molecular weight is 462 g/mol. The topological polar surface area (TPSA) is 121 Å². The van der Waals surface area contributed by atoms with Crippen molar-refractivity contribution in [2.75, 3.05) is 36.8 Å². The van der Waals surface area contributed by atoms with Gasteiger partial charge in [0, 0.05) is 49.7 Å². The van der Waals surface area contributed by atoms with Gasteiger partial charge in [-0.2, -0.15) is 0 Å². The number of rotatable bonds is 4. The molecule has 4 heterocycles. The summed E-state index contributed by atoms with van der Waals surface area (Å²) in [6, 6.07) is 10.5. The predicted molar refractivity (Wildman–Crippen MR) is 126 cm³/mol. The zero-order chi connectivity index (χ0) is 22.9. The molecule has 1 fully saturated rings. The Kier molecular flexibility index (Phi) is 5.39. The van der Waals surface area contributed by atoms with Gasteiger partial charge in [0.25, 0.3) is 5.91 Å². The largest absolute Gasteiger partial charge is 0.383 e. The van der Waals surface area contributed by atoms with Crippen molar-refractivity contribution < 1.29 is 9.59 Å². The molecule has 1 aromatic carbocycles. The monoisotopic (exact) mass is 461 g/mol. The van der Waals surface area contributed by atoms with E-state index < -0.39 is 0 Å². The first-order chi connectivity index (χ1) is 16.0. The molecule has 33 heavy (non-hydrogen) atoms. The number of nitrogens with one attached hydrogen (secondary N) is 1. The number of H-pyrrole nitrogens is 1. The normalized spacial score (nSPS) is 14.0. The fourth-order valence-corrected chi connectivity index (χ4v) is 4.21. The van der Waals surface area contributed by atoms with Crippen molar-refractivity contribution in [3.8, 4) is 0 Å². The molecule has 1 saturated heterocycles. The first kappa shape index (κ1) is 20.9. The third kappa shape index (κ3) is 3.87. The minimum absolute atomic E-state index is 0.150. The van der Waals surface area contributed by atoms with E-state index in [0.29, 0.717) is 48.3 Å². The summed E-state index contributed by atoms with van der Waals surface area (Å²) in [5, 5.41) is 0.683. The Morgan fingerprint density at radius 3 is 2.58 bits per heavy atom. The van der Waals surface area contributed by atoms with Crippen molar-refractivity contribution in [1.82, 2.24) is 24.8 Å². The second-order valence-corrected chi connectivity index (χ2v) is 8.08. The zero-order valence-electron chi connectivity index (χ0n) is 17.5.